The topological polar surface area (TPSA) is 139 Å². The minimum absolute atomic E-state index is 0.0353. The van der Waals surface area contributed by atoms with E-state index in [9.17, 15) is 4.79 Å². The van der Waals surface area contributed by atoms with Crippen LogP contribution >= 0.6 is 0 Å². The first kappa shape index (κ1) is 77.9. The predicted octanol–water partition coefficient (Wildman–Crippen LogP) is 15.7. The Hall–Kier alpha value is -4.71. The number of rotatable bonds is 15. The van der Waals surface area contributed by atoms with Gasteiger partial charge in [0.15, 0.2) is 8.32 Å². The standard InChI is InChI=1S/C86H123NO13Si3/c1-19-101(20-2,21-3)98-64-43-42-61-49-57(5)71(90-61)46-44-62-48-56(4)58(6)74(91-62)54-75-70(59(7)73(93-75)53-65-55-87(86(17,18)96-65)82(89)97-83(8,9)10)51-60(88)50-63-45-47-72-77(92-63)81(100-103(85(14,15)16,68-38-30-24-31-39-68)69-40-32-25-33-41-69)80-79(94-72)78(76(52-64)95-80)99-102(84(11,12)13,66-34-26-22-27-35-66)67-36-28-23-29-37-67/h22-43,56,59,61-65,70-81H,5-6,19-21,44-55H2,1-4,7-18H3/b43-42+/t56-,59-,61+,62+,63-,64?,65+,70-,71?,72+,73-,74-,75?,76-,77+,78+,79+,80-,81+/m1/s1. The van der Waals surface area contributed by atoms with Gasteiger partial charge in [-0.05, 0) is 145 Å². The second kappa shape index (κ2) is 31.5. The maximum absolute atomic E-state index is 15.6. The lowest BCUT2D eigenvalue weighted by molar-refractivity contribution is -0.254. The number of nitrogens with zero attached hydrogens (tertiary/aromatic N) is 1. The maximum Gasteiger partial charge on any atom is 0.412 e. The van der Waals surface area contributed by atoms with Crippen LogP contribution in [0, 0.1) is 17.8 Å². The lowest BCUT2D eigenvalue weighted by atomic mass is 9.78. The summed E-state index contributed by atoms with van der Waals surface area (Å²) in [6.45, 7) is 44.7. The van der Waals surface area contributed by atoms with Gasteiger partial charge in [0.1, 0.15) is 47.6 Å². The van der Waals surface area contributed by atoms with Crippen molar-refractivity contribution >= 4 is 57.6 Å². The molecule has 0 spiro atoms. The number of ether oxygens (including phenoxy) is 8. The smallest absolute Gasteiger partial charge is 0.412 e. The monoisotopic (exact) mass is 1460 g/mol. The Morgan fingerprint density at radius 2 is 1.10 bits per heavy atom. The van der Waals surface area contributed by atoms with Crippen LogP contribution in [0.15, 0.2) is 158 Å². The van der Waals surface area contributed by atoms with Gasteiger partial charge < -0.3 is 51.2 Å². The van der Waals surface area contributed by atoms with Crippen LogP contribution in [0.4, 0.5) is 4.79 Å². The van der Waals surface area contributed by atoms with Gasteiger partial charge in [-0.3, -0.25) is 9.69 Å². The number of Topliss-reactive ketones (excluding diaryl/α,β-unsaturated/α-hetero) is 1. The van der Waals surface area contributed by atoms with Gasteiger partial charge in [0, 0.05) is 38.5 Å². The van der Waals surface area contributed by atoms with Crippen LogP contribution < -0.4 is 20.7 Å². The van der Waals surface area contributed by atoms with Crippen molar-refractivity contribution in [1.82, 2.24) is 4.90 Å². The molecule has 8 bridgehead atoms. The molecule has 8 aliphatic rings. The molecule has 8 aliphatic heterocycles. The first-order valence-electron chi connectivity index (χ1n) is 39.3. The van der Waals surface area contributed by atoms with E-state index in [-0.39, 0.29) is 83.8 Å². The minimum atomic E-state index is -3.42. The highest BCUT2D eigenvalue weighted by molar-refractivity contribution is 7.00. The Balaban J connectivity index is 0.975. The molecule has 0 radical (unpaired) electrons. The van der Waals surface area contributed by atoms with E-state index in [1.807, 2.05) is 34.6 Å². The SMILES string of the molecule is C=C1C[C@@H]2/C=C/C(O[Si](CC)(CC)CC)C[C@H]3O[C@H]4[C@@H](O[Si](c5ccccc5)(c5ccccc5)C(C)(C)C)[C@H]5O[C@H](CC[C@@H]5O[C@H]4[C@H]3O[Si](c3ccccc3)(c3ccccc3)C(C)(C)C)CC(=O)C[C@H]3C(C[C@H]4O[C@@H](CCC1O2)C[C@@H](C)C4=C)O[C@H](C[C@H]1CN(C(=O)OC(C)(C)C)C(C)(C)O1)[C@@H]3C. The van der Waals surface area contributed by atoms with E-state index >= 15 is 4.79 Å². The molecule has 0 N–H and O–H groups in total. The fourth-order valence-electron chi connectivity index (χ4n) is 19.0. The number of amides is 1. The molecule has 0 saturated carbocycles. The number of benzene rings is 4. The van der Waals surface area contributed by atoms with Crippen LogP contribution in [0.2, 0.25) is 28.2 Å². The van der Waals surface area contributed by atoms with Gasteiger partial charge in [-0.25, -0.2) is 4.79 Å². The van der Waals surface area contributed by atoms with Crippen molar-refractivity contribution < 1.29 is 60.8 Å². The van der Waals surface area contributed by atoms with Crippen molar-refractivity contribution in [3.63, 3.8) is 0 Å². The van der Waals surface area contributed by atoms with E-state index in [2.05, 4.69) is 216 Å². The molecule has 14 nitrogen and oxygen atoms in total. The van der Waals surface area contributed by atoms with Gasteiger partial charge in [-0.1, -0.05) is 223 Å². The van der Waals surface area contributed by atoms with Crippen molar-refractivity contribution in [2.75, 3.05) is 6.54 Å². The van der Waals surface area contributed by atoms with Crippen molar-refractivity contribution in [3.8, 4) is 0 Å². The first-order chi connectivity index (χ1) is 48.9. The number of hydrogen-bond acceptors (Lipinski definition) is 13. The van der Waals surface area contributed by atoms with E-state index < -0.39 is 96.2 Å². The number of carbonyl (C=O) groups is 2. The Morgan fingerprint density at radius 3 is 1.64 bits per heavy atom. The second-order valence-electron chi connectivity index (χ2n) is 35.1. The average molecular weight is 1460 g/mol. The summed E-state index contributed by atoms with van der Waals surface area (Å²) in [6.07, 6.45) is 4.06. The molecule has 17 heteroatoms. The molecule has 562 valence electrons. The largest absolute Gasteiger partial charge is 0.444 e. The summed E-state index contributed by atoms with van der Waals surface area (Å²) in [4.78, 5) is 31.0. The molecular formula is C86H123NO13Si3. The van der Waals surface area contributed by atoms with Gasteiger partial charge in [-0.2, -0.15) is 0 Å². The number of fused-ring (bicyclic) bond motifs is 7. The van der Waals surface area contributed by atoms with Gasteiger partial charge in [0.25, 0.3) is 16.6 Å². The van der Waals surface area contributed by atoms with Crippen LogP contribution in [0.5, 0.6) is 0 Å². The number of ketones is 1. The van der Waals surface area contributed by atoms with Crippen LogP contribution in [0.1, 0.15) is 181 Å². The summed E-state index contributed by atoms with van der Waals surface area (Å²) in [5.74, 6) is 0.144. The summed E-state index contributed by atoms with van der Waals surface area (Å²) >= 11 is 0. The molecule has 7 saturated heterocycles. The number of carbonyl (C=O) groups excluding carboxylic acids is 2. The van der Waals surface area contributed by atoms with Gasteiger partial charge >= 0.3 is 6.09 Å². The highest BCUT2D eigenvalue weighted by Gasteiger charge is 2.65. The predicted molar refractivity (Wildman–Crippen MR) is 416 cm³/mol. The van der Waals surface area contributed by atoms with Crippen LogP contribution in [-0.2, 0) is 56.0 Å². The maximum atomic E-state index is 15.6. The summed E-state index contributed by atoms with van der Waals surface area (Å²) in [5.41, 5.74) is 0.589. The lowest BCUT2D eigenvalue weighted by Crippen LogP contribution is -2.73. The average Bonchev–Trinajstić information content (AvgIpc) is 1.69. The highest BCUT2D eigenvalue weighted by atomic mass is 28.4. The van der Waals surface area contributed by atoms with E-state index in [0.717, 1.165) is 58.9 Å². The Bertz CT molecular complexity index is 3470. The Kier molecular flexibility index (Phi) is 23.8. The zero-order valence-corrected chi connectivity index (χ0v) is 67.9. The normalized spacial score (nSPS) is 33.7. The zero-order valence-electron chi connectivity index (χ0n) is 64.9. The molecule has 8 heterocycles. The fourth-order valence-corrected chi connectivity index (χ4v) is 31.2. The fraction of sp³-hybridized carbons (Fsp3) is 0.628. The summed E-state index contributed by atoms with van der Waals surface area (Å²) in [7, 11) is -9.09. The van der Waals surface area contributed by atoms with Crippen molar-refractivity contribution in [1.29, 1.82) is 0 Å². The molecule has 0 aliphatic carbocycles. The summed E-state index contributed by atoms with van der Waals surface area (Å²) in [5, 5.41) is 3.84. The summed E-state index contributed by atoms with van der Waals surface area (Å²) < 4.78 is 82.9. The zero-order chi connectivity index (χ0) is 73.6. The molecule has 3 unspecified atom stereocenters. The molecule has 0 aromatic heterocycles. The summed E-state index contributed by atoms with van der Waals surface area (Å²) in [6, 6.07) is 46.6. The van der Waals surface area contributed by atoms with E-state index in [0.29, 0.717) is 51.5 Å². The highest BCUT2D eigenvalue weighted by Crippen LogP contribution is 2.51. The molecule has 1 amide bonds. The molecule has 7 fully saturated rings. The van der Waals surface area contributed by atoms with Gasteiger partial charge in [0.2, 0.25) is 0 Å². The number of hydrogen-bond donors (Lipinski definition) is 0. The third-order valence-corrected chi connectivity index (χ3v) is 39.4. The van der Waals surface area contributed by atoms with Gasteiger partial charge in [0.05, 0.1) is 73.7 Å². The molecule has 4 aromatic rings. The first-order valence-corrected chi connectivity index (χ1v) is 45.7. The minimum Gasteiger partial charge on any atom is -0.444 e. The van der Waals surface area contributed by atoms with Gasteiger partial charge in [-0.15, -0.1) is 0 Å². The Labute approximate surface area is 620 Å². The molecule has 103 heavy (non-hydrogen) atoms. The van der Waals surface area contributed by atoms with Crippen molar-refractivity contribution in [2.45, 2.75) is 319 Å². The van der Waals surface area contributed by atoms with E-state index in [1.54, 1.807) is 4.90 Å². The molecule has 19 atom stereocenters. The molecule has 12 rings (SSSR count). The van der Waals surface area contributed by atoms with Crippen LogP contribution in [0.25, 0.3) is 0 Å². The Morgan fingerprint density at radius 1 is 0.563 bits per heavy atom. The van der Waals surface area contributed by atoms with Crippen LogP contribution in [0.3, 0.4) is 0 Å². The lowest BCUT2D eigenvalue weighted by Gasteiger charge is -2.53. The molecule has 4 aromatic carbocycles. The van der Waals surface area contributed by atoms with Crippen molar-refractivity contribution in [3.05, 3.63) is 158 Å². The van der Waals surface area contributed by atoms with Crippen LogP contribution in [-0.4, -0.2) is 157 Å². The second-order valence-corrected chi connectivity index (χ2v) is 48.3. The molecular weight excluding hydrogens is 1340 g/mol. The van der Waals surface area contributed by atoms with E-state index in [1.165, 1.54) is 10.4 Å². The third kappa shape index (κ3) is 16.4. The van der Waals surface area contributed by atoms with E-state index in [4.69, 9.17) is 57.8 Å². The van der Waals surface area contributed by atoms with Crippen molar-refractivity contribution in [2.24, 2.45) is 17.8 Å². The quantitative estimate of drug-likeness (QED) is 0.0825. The third-order valence-electron chi connectivity index (χ3n) is 24.7.